The summed E-state index contributed by atoms with van der Waals surface area (Å²) in [4.78, 5) is 5.53. The van der Waals surface area contributed by atoms with Crippen LogP contribution in [0.3, 0.4) is 0 Å². The van der Waals surface area contributed by atoms with Crippen LogP contribution in [-0.4, -0.2) is 15.8 Å². The van der Waals surface area contributed by atoms with Gasteiger partial charge in [0.15, 0.2) is 0 Å². The highest BCUT2D eigenvalue weighted by molar-refractivity contribution is 7.00. The monoisotopic (exact) mass is 1430 g/mol. The van der Waals surface area contributed by atoms with Gasteiger partial charge in [0.25, 0.3) is 6.71 Å². The molecule has 0 N–H and O–H groups in total. The number of rotatable bonds is 8. The molecule has 5 heteroatoms. The van der Waals surface area contributed by atoms with Gasteiger partial charge in [-0.2, -0.15) is 0 Å². The first-order chi connectivity index (χ1) is 53.2. The lowest BCUT2D eigenvalue weighted by Gasteiger charge is -2.46. The van der Waals surface area contributed by atoms with Crippen molar-refractivity contribution in [3.8, 4) is 55.9 Å². The first-order valence-corrected chi connectivity index (χ1v) is 39.9. The maximum absolute atomic E-state index is 2.77. The maximum atomic E-state index is 2.77. The molecule has 2 aliphatic rings. The molecule has 20 rings (SSSR count). The topological polar surface area (TPSA) is 16.3 Å². The minimum absolute atomic E-state index is 0.143. The van der Waals surface area contributed by atoms with Gasteiger partial charge >= 0.3 is 0 Å². The van der Waals surface area contributed by atoms with Crippen molar-refractivity contribution >= 4 is 133 Å². The first-order valence-electron chi connectivity index (χ1n) is 39.9. The number of benzene rings is 16. The van der Waals surface area contributed by atoms with Gasteiger partial charge in [-0.15, -0.1) is 0 Å². The second-order valence-corrected chi connectivity index (χ2v) is 36.9. The normalized spacial score (nSPS) is 13.5. The van der Waals surface area contributed by atoms with Crippen LogP contribution in [0.2, 0.25) is 0 Å². The van der Waals surface area contributed by atoms with Crippen LogP contribution in [0.25, 0.3) is 132 Å². The first kappa shape index (κ1) is 68.4. The largest absolute Gasteiger partial charge is 0.310 e. The smallest absolute Gasteiger partial charge is 0.252 e. The number of anilines is 6. The van der Waals surface area contributed by atoms with Crippen LogP contribution in [-0.2, 0) is 27.1 Å². The van der Waals surface area contributed by atoms with E-state index in [9.17, 15) is 0 Å². The molecule has 0 aliphatic carbocycles. The molecule has 540 valence electrons. The molecular weight excluding hydrogens is 1340 g/mol. The number of fused-ring (bicyclic) bond motifs is 8. The third-order valence-corrected chi connectivity index (χ3v) is 24.7. The molecule has 0 unspecified atom stereocenters. The summed E-state index contributed by atoms with van der Waals surface area (Å²) < 4.78 is 5.13. The molecule has 0 saturated heterocycles. The lowest BCUT2D eigenvalue weighted by atomic mass is 9.33. The molecule has 16 aromatic carbocycles. The van der Waals surface area contributed by atoms with E-state index in [2.05, 4.69) is 414 Å². The summed E-state index contributed by atoms with van der Waals surface area (Å²) >= 11 is 0. The van der Waals surface area contributed by atoms with Crippen molar-refractivity contribution in [3.05, 3.63) is 319 Å². The fraction of sp³-hybridized carbons (Fsp3) is 0.189. The van der Waals surface area contributed by atoms with E-state index in [-0.39, 0.29) is 33.8 Å². The summed E-state index contributed by atoms with van der Waals surface area (Å²) in [6, 6.07) is 113. The van der Waals surface area contributed by atoms with Gasteiger partial charge in [-0.25, -0.2) is 0 Å². The molecule has 0 atom stereocenters. The van der Waals surface area contributed by atoms with E-state index in [0.717, 1.165) is 67.8 Å². The molecule has 0 fully saturated rings. The van der Waals surface area contributed by atoms with Crippen LogP contribution in [0, 0.1) is 0 Å². The molecule has 0 amide bonds. The van der Waals surface area contributed by atoms with Gasteiger partial charge in [-0.05, 0) is 187 Å². The fourth-order valence-corrected chi connectivity index (χ4v) is 18.9. The fourth-order valence-electron chi connectivity index (χ4n) is 18.9. The van der Waals surface area contributed by atoms with Crippen molar-refractivity contribution in [2.24, 2.45) is 0 Å². The molecule has 2 aromatic heterocycles. The van der Waals surface area contributed by atoms with Crippen LogP contribution >= 0.6 is 0 Å². The zero-order chi connectivity index (χ0) is 76.3. The van der Waals surface area contributed by atoms with E-state index >= 15 is 0 Å². The highest BCUT2D eigenvalue weighted by atomic mass is 15.2. The highest BCUT2D eigenvalue weighted by Gasteiger charge is 2.47. The molecule has 18 aromatic rings. The molecule has 4 heterocycles. The van der Waals surface area contributed by atoms with Crippen LogP contribution in [0.15, 0.2) is 291 Å². The van der Waals surface area contributed by atoms with Crippen LogP contribution in [0.5, 0.6) is 0 Å². The van der Waals surface area contributed by atoms with Gasteiger partial charge in [0.1, 0.15) is 0 Å². The summed E-state index contributed by atoms with van der Waals surface area (Å²) in [7, 11) is 0. The Labute approximate surface area is 653 Å². The Morgan fingerprint density at radius 2 is 0.568 bits per heavy atom. The van der Waals surface area contributed by atoms with Crippen LogP contribution < -0.4 is 26.2 Å². The standard InChI is InChI=1S/C106H93BN4/c1-102(2,3)70-54-68(55-71(58-70)103(4,5)6)79-40-28-38-77(64-30-18-16-19-31-64)100(79)110-91-62-75(108-87-44-24-22-36-81(87)82-37-23-25-45-88(82)108)48-50-85(91)107-86-51-49-76(109-89-52-46-66-34-26-42-83-84-43-27-35-67-47-53-90(109)98(96(67)84)97(89)95(66)83)63-92(86)111(94-61-74(106(13,14)15)60-93(110)99(94)107)101-78(65-32-20-17-21-33-65)39-29-41-80(101)69-56-72(104(7,8)9)59-73(57-69)105(10,11)12/h16-63H,1-15H3. The van der Waals surface area contributed by atoms with Crippen molar-refractivity contribution in [1.29, 1.82) is 0 Å². The summed E-state index contributed by atoms with van der Waals surface area (Å²) in [5, 5.41) is 12.9. The minimum atomic E-state index is -0.348. The average molecular weight is 1430 g/mol. The second-order valence-electron chi connectivity index (χ2n) is 36.9. The third kappa shape index (κ3) is 10.6. The maximum Gasteiger partial charge on any atom is 0.252 e. The molecule has 4 nitrogen and oxygen atoms in total. The molecule has 0 spiro atoms. The van der Waals surface area contributed by atoms with Gasteiger partial charge in [0.2, 0.25) is 0 Å². The average Bonchev–Trinajstić information content (AvgIpc) is 1.68. The lowest BCUT2D eigenvalue weighted by molar-refractivity contribution is 0.568. The zero-order valence-electron chi connectivity index (χ0n) is 66.6. The molecule has 111 heavy (non-hydrogen) atoms. The Kier molecular flexibility index (Phi) is 15.0. The van der Waals surface area contributed by atoms with Crippen LogP contribution in [0.4, 0.5) is 34.1 Å². The van der Waals surface area contributed by atoms with Crippen molar-refractivity contribution in [3.63, 3.8) is 0 Å². The van der Waals surface area contributed by atoms with Gasteiger partial charge < -0.3 is 18.9 Å². The third-order valence-electron chi connectivity index (χ3n) is 24.7. The Bertz CT molecular complexity index is 6630. The lowest BCUT2D eigenvalue weighted by Crippen LogP contribution is -2.61. The summed E-state index contributed by atoms with van der Waals surface area (Å²) in [6.45, 7) is 35.5. The Balaban J connectivity index is 0.970. The number of hydrogen-bond donors (Lipinski definition) is 0. The number of hydrogen-bond acceptors (Lipinski definition) is 2. The van der Waals surface area contributed by atoms with Crippen molar-refractivity contribution in [2.75, 3.05) is 9.80 Å². The zero-order valence-corrected chi connectivity index (χ0v) is 66.6. The Morgan fingerprint density at radius 1 is 0.234 bits per heavy atom. The second kappa shape index (κ2) is 24.3. The molecule has 0 radical (unpaired) electrons. The van der Waals surface area contributed by atoms with Gasteiger partial charge in [-0.1, -0.05) is 334 Å². The van der Waals surface area contributed by atoms with Gasteiger partial charge in [0.05, 0.1) is 33.4 Å². The van der Waals surface area contributed by atoms with E-state index in [4.69, 9.17) is 0 Å². The van der Waals surface area contributed by atoms with Crippen LogP contribution in [0.1, 0.15) is 132 Å². The van der Waals surface area contributed by atoms with Crippen molar-refractivity contribution < 1.29 is 0 Å². The molecule has 0 bridgehead atoms. The van der Waals surface area contributed by atoms with E-state index in [0.29, 0.717) is 0 Å². The van der Waals surface area contributed by atoms with Crippen molar-refractivity contribution in [1.82, 2.24) is 9.13 Å². The molecular formula is C106H93BN4. The predicted molar refractivity (Wildman–Crippen MR) is 479 cm³/mol. The predicted octanol–water partition coefficient (Wildman–Crippen LogP) is 27.5. The molecule has 2 aliphatic heterocycles. The number of para-hydroxylation sites is 4. The van der Waals surface area contributed by atoms with E-state index in [1.165, 1.54) is 142 Å². The Hall–Kier alpha value is -11.9. The molecule has 0 saturated carbocycles. The van der Waals surface area contributed by atoms with Gasteiger partial charge in [0, 0.05) is 77.9 Å². The minimum Gasteiger partial charge on any atom is -0.310 e. The van der Waals surface area contributed by atoms with E-state index in [1.54, 1.807) is 0 Å². The SMILES string of the molecule is CC(C)(C)c1cc(-c2cccc(-c3ccccc3)c2N2c3cc(-n4c5ccccc5c5ccccc54)ccc3B3c4ccc(-n5c6ccc7cccc8c9cccc%10ccc5c(c%109)c6c78)cc4N(c4c(-c5ccccc5)cccc4-c4cc(C(C)(C)C)cc(C(C)(C)C)c4)c4cc(C(C)(C)C)cc2c43)cc(C(C)(C)C)c1. The quantitative estimate of drug-likeness (QED) is 0.0856. The highest BCUT2D eigenvalue weighted by Crippen LogP contribution is 2.56. The summed E-state index contributed by atoms with van der Waals surface area (Å²) in [5.74, 6) is 0. The summed E-state index contributed by atoms with van der Waals surface area (Å²) in [5.41, 5.74) is 32.6. The van der Waals surface area contributed by atoms with Gasteiger partial charge in [-0.3, -0.25) is 0 Å². The van der Waals surface area contributed by atoms with Crippen molar-refractivity contribution in [2.45, 2.75) is 131 Å². The van der Waals surface area contributed by atoms with E-state index in [1.807, 2.05) is 0 Å². The summed E-state index contributed by atoms with van der Waals surface area (Å²) in [6.07, 6.45) is 0. The van der Waals surface area contributed by atoms with E-state index < -0.39 is 0 Å². The number of nitrogens with zero attached hydrogens (tertiary/aromatic N) is 4. The Morgan fingerprint density at radius 3 is 0.955 bits per heavy atom. The number of aromatic nitrogens is 2.